The number of rotatable bonds is 2. The van der Waals surface area contributed by atoms with E-state index < -0.39 is 5.97 Å². The predicted octanol–water partition coefficient (Wildman–Crippen LogP) is 4.51. The molecule has 1 saturated carbocycles. The van der Waals surface area contributed by atoms with E-state index in [1.54, 1.807) is 12.1 Å². The monoisotopic (exact) mass is 301 g/mol. The molecule has 0 unspecified atom stereocenters. The maximum absolute atomic E-state index is 12.0. The van der Waals surface area contributed by atoms with Crippen LogP contribution < -0.4 is 0 Å². The Kier molecular flexibility index (Phi) is 4.36. The minimum atomic E-state index is -0.489. The Labute approximate surface area is 123 Å². The summed E-state index contributed by atoms with van der Waals surface area (Å²) in [4.78, 5) is 15.9. The first-order valence-corrected chi connectivity index (χ1v) is 7.16. The van der Waals surface area contributed by atoms with Crippen molar-refractivity contribution in [1.29, 1.82) is 0 Å². The highest BCUT2D eigenvalue weighted by Crippen LogP contribution is 2.36. The number of hydrogen-bond acceptors (Lipinski definition) is 3. The van der Waals surface area contributed by atoms with Crippen LogP contribution in [0.1, 0.15) is 50.0 Å². The number of carbonyl (C=O) groups is 1. The summed E-state index contributed by atoms with van der Waals surface area (Å²) in [7, 11) is 0. The van der Waals surface area contributed by atoms with Gasteiger partial charge >= 0.3 is 5.97 Å². The van der Waals surface area contributed by atoms with Gasteiger partial charge < -0.3 is 4.74 Å². The van der Waals surface area contributed by atoms with Gasteiger partial charge in [-0.05, 0) is 43.2 Å². The number of carbonyl (C=O) groups excluding carboxylic acids is 1. The van der Waals surface area contributed by atoms with E-state index in [-0.39, 0.29) is 22.0 Å². The van der Waals surface area contributed by atoms with Crippen molar-refractivity contribution in [2.45, 2.75) is 45.6 Å². The second-order valence-corrected chi connectivity index (χ2v) is 6.53. The minimum Gasteiger partial charge on any atom is -0.458 e. The average molecular weight is 302 g/mol. The van der Waals surface area contributed by atoms with Gasteiger partial charge in [0, 0.05) is 0 Å². The van der Waals surface area contributed by atoms with Crippen LogP contribution in [-0.4, -0.2) is 17.1 Å². The van der Waals surface area contributed by atoms with Crippen LogP contribution in [0.15, 0.2) is 12.1 Å². The standard InChI is InChI=1S/C14H17Cl2NO2/c1-14(2)7-5-9(6-8-14)19-13(18)12-10(15)3-4-11(16)17-12/h3-4,9H,5-8H2,1-2H3. The third kappa shape index (κ3) is 3.83. The van der Waals surface area contributed by atoms with Crippen molar-refractivity contribution in [2.75, 3.05) is 0 Å². The SMILES string of the molecule is CC1(C)CCC(OC(=O)c2nc(Cl)ccc2Cl)CC1. The maximum atomic E-state index is 12.0. The molecule has 0 amide bonds. The largest absolute Gasteiger partial charge is 0.458 e. The summed E-state index contributed by atoms with van der Waals surface area (Å²) in [6.45, 7) is 4.47. The molecule has 0 spiro atoms. The van der Waals surface area contributed by atoms with Gasteiger partial charge in [0.2, 0.25) is 0 Å². The van der Waals surface area contributed by atoms with Crippen molar-refractivity contribution in [1.82, 2.24) is 4.98 Å². The summed E-state index contributed by atoms with van der Waals surface area (Å²) < 4.78 is 5.46. The maximum Gasteiger partial charge on any atom is 0.358 e. The molecule has 5 heteroatoms. The second-order valence-electron chi connectivity index (χ2n) is 5.73. The molecule has 2 rings (SSSR count). The lowest BCUT2D eigenvalue weighted by atomic mass is 9.76. The van der Waals surface area contributed by atoms with E-state index in [9.17, 15) is 4.79 Å². The number of halogens is 2. The number of esters is 1. The Bertz CT molecular complexity index is 478. The molecule has 0 aliphatic heterocycles. The summed E-state index contributed by atoms with van der Waals surface area (Å²) >= 11 is 11.7. The van der Waals surface area contributed by atoms with Gasteiger partial charge in [-0.15, -0.1) is 0 Å². The van der Waals surface area contributed by atoms with Crippen molar-refractivity contribution in [3.63, 3.8) is 0 Å². The number of pyridine rings is 1. The second kappa shape index (κ2) is 5.68. The van der Waals surface area contributed by atoms with Crippen molar-refractivity contribution in [2.24, 2.45) is 5.41 Å². The van der Waals surface area contributed by atoms with E-state index in [1.165, 1.54) is 0 Å². The van der Waals surface area contributed by atoms with E-state index in [4.69, 9.17) is 27.9 Å². The molecule has 1 heterocycles. The highest BCUT2D eigenvalue weighted by atomic mass is 35.5. The van der Waals surface area contributed by atoms with Crippen molar-refractivity contribution >= 4 is 29.2 Å². The number of ether oxygens (including phenoxy) is 1. The predicted molar refractivity (Wildman–Crippen MR) is 75.7 cm³/mol. The molecule has 1 aromatic heterocycles. The van der Waals surface area contributed by atoms with Gasteiger partial charge in [0.15, 0.2) is 5.69 Å². The number of nitrogens with zero attached hydrogens (tertiary/aromatic N) is 1. The third-order valence-corrected chi connectivity index (χ3v) is 4.08. The molecule has 0 radical (unpaired) electrons. The van der Waals surface area contributed by atoms with E-state index >= 15 is 0 Å². The fourth-order valence-corrected chi connectivity index (χ4v) is 2.59. The highest BCUT2D eigenvalue weighted by molar-refractivity contribution is 6.34. The van der Waals surface area contributed by atoms with Crippen LogP contribution in [0, 0.1) is 5.41 Å². The lowest BCUT2D eigenvalue weighted by Crippen LogP contribution is -2.28. The molecule has 1 aliphatic rings. The lowest BCUT2D eigenvalue weighted by Gasteiger charge is -2.33. The molecule has 0 saturated heterocycles. The van der Waals surface area contributed by atoms with Crippen LogP contribution in [0.2, 0.25) is 10.2 Å². The van der Waals surface area contributed by atoms with Gasteiger partial charge in [-0.2, -0.15) is 0 Å². The molecular formula is C14H17Cl2NO2. The zero-order chi connectivity index (χ0) is 14.0. The van der Waals surface area contributed by atoms with Crippen LogP contribution in [0.5, 0.6) is 0 Å². The zero-order valence-corrected chi connectivity index (χ0v) is 12.6. The van der Waals surface area contributed by atoms with Gasteiger partial charge in [0.25, 0.3) is 0 Å². The molecular weight excluding hydrogens is 285 g/mol. The Morgan fingerprint density at radius 2 is 1.95 bits per heavy atom. The molecule has 1 fully saturated rings. The van der Waals surface area contributed by atoms with Crippen LogP contribution in [0.3, 0.4) is 0 Å². The summed E-state index contributed by atoms with van der Waals surface area (Å²) in [5, 5.41) is 0.506. The molecule has 0 aromatic carbocycles. The Balaban J connectivity index is 2.00. The molecule has 104 valence electrons. The minimum absolute atomic E-state index is 0.0441. The molecule has 1 aliphatic carbocycles. The smallest absolute Gasteiger partial charge is 0.358 e. The van der Waals surface area contributed by atoms with Crippen LogP contribution in [-0.2, 0) is 4.74 Å². The fraction of sp³-hybridized carbons (Fsp3) is 0.571. The lowest BCUT2D eigenvalue weighted by molar-refractivity contribution is 0.00893. The summed E-state index contributed by atoms with van der Waals surface area (Å²) in [5.74, 6) is -0.489. The molecule has 0 N–H and O–H groups in total. The van der Waals surface area contributed by atoms with Gasteiger partial charge in [0.1, 0.15) is 11.3 Å². The number of hydrogen-bond donors (Lipinski definition) is 0. The van der Waals surface area contributed by atoms with E-state index in [0.29, 0.717) is 5.41 Å². The van der Waals surface area contributed by atoms with E-state index in [0.717, 1.165) is 25.7 Å². The normalized spacial score (nSPS) is 19.2. The number of aromatic nitrogens is 1. The topological polar surface area (TPSA) is 39.2 Å². The summed E-state index contributed by atoms with van der Waals surface area (Å²) in [5.41, 5.74) is 0.438. The highest BCUT2D eigenvalue weighted by Gasteiger charge is 2.29. The Morgan fingerprint density at radius 3 is 2.58 bits per heavy atom. The van der Waals surface area contributed by atoms with Crippen LogP contribution >= 0.6 is 23.2 Å². The Hall–Kier alpha value is -0.800. The quantitative estimate of drug-likeness (QED) is 0.596. The average Bonchev–Trinajstić information content (AvgIpc) is 2.35. The van der Waals surface area contributed by atoms with Gasteiger partial charge in [-0.3, -0.25) is 0 Å². The van der Waals surface area contributed by atoms with Crippen molar-refractivity contribution in [3.05, 3.63) is 28.0 Å². The van der Waals surface area contributed by atoms with Gasteiger partial charge in [-0.1, -0.05) is 37.0 Å². The van der Waals surface area contributed by atoms with Crippen LogP contribution in [0.4, 0.5) is 0 Å². The van der Waals surface area contributed by atoms with Gasteiger partial charge in [-0.25, -0.2) is 9.78 Å². The zero-order valence-electron chi connectivity index (χ0n) is 11.1. The fourth-order valence-electron chi connectivity index (χ4n) is 2.26. The first kappa shape index (κ1) is 14.6. The van der Waals surface area contributed by atoms with Crippen molar-refractivity contribution in [3.8, 4) is 0 Å². The van der Waals surface area contributed by atoms with Crippen LogP contribution in [0.25, 0.3) is 0 Å². The first-order valence-electron chi connectivity index (χ1n) is 6.40. The van der Waals surface area contributed by atoms with E-state index in [2.05, 4.69) is 18.8 Å². The Morgan fingerprint density at radius 1 is 1.32 bits per heavy atom. The first-order chi connectivity index (χ1) is 8.87. The third-order valence-electron chi connectivity index (χ3n) is 3.57. The van der Waals surface area contributed by atoms with E-state index in [1.807, 2.05) is 0 Å². The summed E-state index contributed by atoms with van der Waals surface area (Å²) in [6, 6.07) is 3.10. The molecule has 3 nitrogen and oxygen atoms in total. The summed E-state index contributed by atoms with van der Waals surface area (Å²) in [6.07, 6.45) is 3.84. The molecule has 1 aromatic rings. The molecule has 0 atom stereocenters. The van der Waals surface area contributed by atoms with Crippen molar-refractivity contribution < 1.29 is 9.53 Å². The van der Waals surface area contributed by atoms with Gasteiger partial charge in [0.05, 0.1) is 5.02 Å². The molecule has 0 bridgehead atoms. The molecule has 19 heavy (non-hydrogen) atoms.